The highest BCUT2D eigenvalue weighted by Gasteiger charge is 2.11. The Kier molecular flexibility index (Phi) is 6.79. The van der Waals surface area contributed by atoms with E-state index in [0.717, 1.165) is 37.4 Å². The smallest absolute Gasteiger partial charge is 0.321 e. The molecule has 0 aliphatic heterocycles. The molecule has 106 valence electrons. The number of hydrogen-bond acceptors (Lipinski definition) is 2. The highest BCUT2D eigenvalue weighted by Crippen LogP contribution is 2.16. The zero-order chi connectivity index (χ0) is 14.1. The van der Waals surface area contributed by atoms with Crippen molar-refractivity contribution in [2.24, 2.45) is 0 Å². The Bertz CT molecular complexity index is 370. The maximum absolute atomic E-state index is 12.1. The summed E-state index contributed by atoms with van der Waals surface area (Å²) in [7, 11) is 0. The average molecular weight is 264 g/mol. The van der Waals surface area contributed by atoms with Crippen molar-refractivity contribution < 1.29 is 9.53 Å². The molecule has 0 aliphatic rings. The lowest BCUT2D eigenvalue weighted by Crippen LogP contribution is -2.36. The SMILES string of the molecule is CCCN(CCC)C(=O)Nc1ccc(OCC)cc1. The molecule has 1 N–H and O–H groups in total. The maximum atomic E-state index is 12.1. The van der Waals surface area contributed by atoms with Gasteiger partial charge in [-0.2, -0.15) is 0 Å². The lowest BCUT2D eigenvalue weighted by atomic mass is 10.3. The lowest BCUT2D eigenvalue weighted by Gasteiger charge is -2.21. The molecule has 4 heteroatoms. The van der Waals surface area contributed by atoms with Crippen molar-refractivity contribution in [3.8, 4) is 5.75 Å². The third-order valence-corrected chi connectivity index (χ3v) is 2.69. The Labute approximate surface area is 115 Å². The molecule has 1 aromatic rings. The zero-order valence-electron chi connectivity index (χ0n) is 12.1. The third-order valence-electron chi connectivity index (χ3n) is 2.69. The van der Waals surface area contributed by atoms with E-state index in [2.05, 4.69) is 19.2 Å². The number of benzene rings is 1. The van der Waals surface area contributed by atoms with E-state index in [-0.39, 0.29) is 6.03 Å². The second-order valence-corrected chi connectivity index (χ2v) is 4.37. The molecule has 0 atom stereocenters. The predicted molar refractivity (Wildman–Crippen MR) is 78.8 cm³/mol. The van der Waals surface area contributed by atoms with E-state index in [1.165, 1.54) is 0 Å². The first kappa shape index (κ1) is 15.3. The van der Waals surface area contributed by atoms with Gasteiger partial charge in [0, 0.05) is 18.8 Å². The van der Waals surface area contributed by atoms with Gasteiger partial charge in [-0.05, 0) is 44.0 Å². The standard InChI is InChI=1S/C15H24N2O2/c1-4-11-17(12-5-2)15(18)16-13-7-9-14(10-8-13)19-6-3/h7-10H,4-6,11-12H2,1-3H3,(H,16,18). The Morgan fingerprint density at radius 3 is 2.16 bits per heavy atom. The summed E-state index contributed by atoms with van der Waals surface area (Å²) in [6.07, 6.45) is 1.94. The Hall–Kier alpha value is -1.71. The van der Waals surface area contributed by atoms with Crippen LogP contribution in [0, 0.1) is 0 Å². The third kappa shape index (κ3) is 5.20. The second kappa shape index (κ2) is 8.40. The van der Waals surface area contributed by atoms with Gasteiger partial charge >= 0.3 is 6.03 Å². The maximum Gasteiger partial charge on any atom is 0.321 e. The minimum Gasteiger partial charge on any atom is -0.494 e. The van der Waals surface area contributed by atoms with E-state index in [9.17, 15) is 4.79 Å². The lowest BCUT2D eigenvalue weighted by molar-refractivity contribution is 0.211. The van der Waals surface area contributed by atoms with Crippen molar-refractivity contribution in [2.75, 3.05) is 25.0 Å². The molecule has 1 rings (SSSR count). The Morgan fingerprint density at radius 2 is 1.68 bits per heavy atom. The fourth-order valence-corrected chi connectivity index (χ4v) is 1.86. The number of carbonyl (C=O) groups excluding carboxylic acids is 1. The normalized spacial score (nSPS) is 10.1. The van der Waals surface area contributed by atoms with Crippen molar-refractivity contribution in [3.05, 3.63) is 24.3 Å². The molecule has 2 amide bonds. The van der Waals surface area contributed by atoms with Crippen LogP contribution >= 0.6 is 0 Å². The molecule has 0 saturated heterocycles. The van der Waals surface area contributed by atoms with Gasteiger partial charge in [0.25, 0.3) is 0 Å². The fraction of sp³-hybridized carbons (Fsp3) is 0.533. The second-order valence-electron chi connectivity index (χ2n) is 4.37. The van der Waals surface area contributed by atoms with Crippen LogP contribution in [0.4, 0.5) is 10.5 Å². The Morgan fingerprint density at radius 1 is 1.11 bits per heavy atom. The van der Waals surface area contributed by atoms with Crippen molar-refractivity contribution in [3.63, 3.8) is 0 Å². The van der Waals surface area contributed by atoms with Gasteiger partial charge < -0.3 is 15.0 Å². The Balaban J connectivity index is 2.58. The van der Waals surface area contributed by atoms with Crippen molar-refractivity contribution in [2.45, 2.75) is 33.6 Å². The first-order valence-electron chi connectivity index (χ1n) is 7.00. The minimum atomic E-state index is -0.0344. The van der Waals surface area contributed by atoms with E-state index in [1.807, 2.05) is 36.1 Å². The first-order valence-corrected chi connectivity index (χ1v) is 7.00. The summed E-state index contributed by atoms with van der Waals surface area (Å²) >= 11 is 0. The molecule has 0 fully saturated rings. The molecule has 19 heavy (non-hydrogen) atoms. The van der Waals surface area contributed by atoms with E-state index in [0.29, 0.717) is 6.61 Å². The summed E-state index contributed by atoms with van der Waals surface area (Å²) in [4.78, 5) is 13.9. The van der Waals surface area contributed by atoms with Gasteiger partial charge in [0.15, 0.2) is 0 Å². The van der Waals surface area contributed by atoms with E-state index >= 15 is 0 Å². The number of amides is 2. The average Bonchev–Trinajstić information content (AvgIpc) is 2.41. The number of anilines is 1. The topological polar surface area (TPSA) is 41.6 Å². The van der Waals surface area contributed by atoms with Crippen LogP contribution in [0.1, 0.15) is 33.6 Å². The molecule has 4 nitrogen and oxygen atoms in total. The molecule has 0 spiro atoms. The number of nitrogens with zero attached hydrogens (tertiary/aromatic N) is 1. The fourth-order valence-electron chi connectivity index (χ4n) is 1.86. The molecule has 0 bridgehead atoms. The van der Waals surface area contributed by atoms with Crippen LogP contribution < -0.4 is 10.1 Å². The molecule has 0 unspecified atom stereocenters. The van der Waals surface area contributed by atoms with Gasteiger partial charge in [0.05, 0.1) is 6.61 Å². The highest BCUT2D eigenvalue weighted by molar-refractivity contribution is 5.89. The van der Waals surface area contributed by atoms with E-state index in [4.69, 9.17) is 4.74 Å². The molecule has 0 aliphatic carbocycles. The summed E-state index contributed by atoms with van der Waals surface area (Å²) in [6.45, 7) is 8.32. The minimum absolute atomic E-state index is 0.0344. The first-order chi connectivity index (χ1) is 9.21. The van der Waals surface area contributed by atoms with Gasteiger partial charge in [-0.1, -0.05) is 13.8 Å². The number of nitrogens with one attached hydrogen (secondary N) is 1. The number of ether oxygens (including phenoxy) is 1. The number of carbonyl (C=O) groups is 1. The van der Waals surface area contributed by atoms with Crippen LogP contribution in [0.3, 0.4) is 0 Å². The molecular formula is C15H24N2O2. The van der Waals surface area contributed by atoms with E-state index < -0.39 is 0 Å². The summed E-state index contributed by atoms with van der Waals surface area (Å²) in [5.74, 6) is 0.819. The predicted octanol–water partition coefficient (Wildman–Crippen LogP) is 3.74. The quantitative estimate of drug-likeness (QED) is 0.815. The molecule has 0 heterocycles. The van der Waals surface area contributed by atoms with Gasteiger partial charge in [-0.3, -0.25) is 0 Å². The molecule has 1 aromatic carbocycles. The van der Waals surface area contributed by atoms with Crippen molar-refractivity contribution in [1.29, 1.82) is 0 Å². The summed E-state index contributed by atoms with van der Waals surface area (Å²) in [5, 5.41) is 2.91. The number of rotatable bonds is 7. The molecule has 0 aromatic heterocycles. The van der Waals surface area contributed by atoms with Crippen LogP contribution in [0.5, 0.6) is 5.75 Å². The van der Waals surface area contributed by atoms with Gasteiger partial charge in [-0.25, -0.2) is 4.79 Å². The zero-order valence-corrected chi connectivity index (χ0v) is 12.1. The van der Waals surface area contributed by atoms with Gasteiger partial charge in [-0.15, -0.1) is 0 Å². The summed E-state index contributed by atoms with van der Waals surface area (Å²) in [6, 6.07) is 7.41. The van der Waals surface area contributed by atoms with Crippen LogP contribution in [-0.4, -0.2) is 30.6 Å². The van der Waals surface area contributed by atoms with E-state index in [1.54, 1.807) is 0 Å². The monoisotopic (exact) mass is 264 g/mol. The van der Waals surface area contributed by atoms with Crippen LogP contribution in [0.15, 0.2) is 24.3 Å². The molecule has 0 saturated carbocycles. The number of hydrogen-bond donors (Lipinski definition) is 1. The molecular weight excluding hydrogens is 240 g/mol. The van der Waals surface area contributed by atoms with Crippen LogP contribution in [0.2, 0.25) is 0 Å². The van der Waals surface area contributed by atoms with Crippen molar-refractivity contribution >= 4 is 11.7 Å². The van der Waals surface area contributed by atoms with Crippen molar-refractivity contribution in [1.82, 2.24) is 4.90 Å². The summed E-state index contributed by atoms with van der Waals surface area (Å²) < 4.78 is 5.37. The van der Waals surface area contributed by atoms with Gasteiger partial charge in [0.2, 0.25) is 0 Å². The number of urea groups is 1. The largest absolute Gasteiger partial charge is 0.494 e. The van der Waals surface area contributed by atoms with Gasteiger partial charge in [0.1, 0.15) is 5.75 Å². The van der Waals surface area contributed by atoms with Crippen LogP contribution in [0.25, 0.3) is 0 Å². The molecule has 0 radical (unpaired) electrons. The highest BCUT2D eigenvalue weighted by atomic mass is 16.5. The summed E-state index contributed by atoms with van der Waals surface area (Å²) in [5.41, 5.74) is 0.797. The van der Waals surface area contributed by atoms with Crippen LogP contribution in [-0.2, 0) is 0 Å².